The summed E-state index contributed by atoms with van der Waals surface area (Å²) in [5.41, 5.74) is -0.673. The number of esters is 1. The molecule has 0 unspecified atom stereocenters. The van der Waals surface area contributed by atoms with Crippen LogP contribution in [0.25, 0.3) is 0 Å². The van der Waals surface area contributed by atoms with Crippen LogP contribution in [0.1, 0.15) is 59.3 Å². The molecule has 0 radical (unpaired) electrons. The first-order valence-corrected chi connectivity index (χ1v) is 12.6. The van der Waals surface area contributed by atoms with E-state index in [4.69, 9.17) is 24.0 Å². The van der Waals surface area contributed by atoms with Crippen LogP contribution in [0.15, 0.2) is 0 Å². The van der Waals surface area contributed by atoms with E-state index in [-0.39, 0.29) is 36.5 Å². The van der Waals surface area contributed by atoms with Crippen LogP contribution in [0.4, 0.5) is 0 Å². The Labute approximate surface area is 195 Å². The van der Waals surface area contributed by atoms with Gasteiger partial charge in [-0.05, 0) is 45.1 Å². The van der Waals surface area contributed by atoms with E-state index < -0.39 is 29.9 Å². The molecule has 186 valence electrons. The van der Waals surface area contributed by atoms with Gasteiger partial charge in [0, 0.05) is 50.9 Å². The van der Waals surface area contributed by atoms with Crippen molar-refractivity contribution in [2.75, 3.05) is 33.2 Å². The van der Waals surface area contributed by atoms with E-state index in [9.17, 15) is 9.59 Å². The maximum Gasteiger partial charge on any atom is 0.308 e. The summed E-state index contributed by atoms with van der Waals surface area (Å²) in [5, 5.41) is 0. The molecule has 1 aliphatic carbocycles. The molecule has 5 heterocycles. The first-order chi connectivity index (χ1) is 15.7. The third-order valence-electron chi connectivity index (χ3n) is 8.74. The second-order valence-electron chi connectivity index (χ2n) is 10.9. The van der Waals surface area contributed by atoms with Gasteiger partial charge in [0.05, 0.1) is 6.42 Å². The van der Waals surface area contributed by atoms with E-state index in [2.05, 4.69) is 18.7 Å². The average Bonchev–Trinajstić information content (AvgIpc) is 3.02. The van der Waals surface area contributed by atoms with Gasteiger partial charge in [-0.1, -0.05) is 13.8 Å². The molecule has 2 bridgehead atoms. The van der Waals surface area contributed by atoms with Gasteiger partial charge in [-0.2, -0.15) is 0 Å². The van der Waals surface area contributed by atoms with Crippen molar-refractivity contribution in [1.29, 1.82) is 0 Å². The Kier molecular flexibility index (Phi) is 6.23. The lowest BCUT2D eigenvalue weighted by Crippen LogP contribution is -2.70. The number of piperazine rings is 1. The summed E-state index contributed by atoms with van der Waals surface area (Å²) < 4.78 is 18.4. The molecule has 0 aromatic heterocycles. The Bertz CT molecular complexity index is 772. The Balaban J connectivity index is 1.24. The lowest BCUT2D eigenvalue weighted by atomic mass is 9.58. The summed E-state index contributed by atoms with van der Waals surface area (Å²) >= 11 is 0. The molecule has 0 aromatic carbocycles. The maximum absolute atomic E-state index is 12.7. The first kappa shape index (κ1) is 23.5. The van der Waals surface area contributed by atoms with Crippen molar-refractivity contribution in [3.63, 3.8) is 0 Å². The van der Waals surface area contributed by atoms with Crippen LogP contribution < -0.4 is 0 Å². The fourth-order valence-corrected chi connectivity index (χ4v) is 6.62. The van der Waals surface area contributed by atoms with Crippen molar-refractivity contribution >= 4 is 11.9 Å². The summed E-state index contributed by atoms with van der Waals surface area (Å²) in [5.74, 6) is -0.482. The van der Waals surface area contributed by atoms with Gasteiger partial charge in [-0.25, -0.2) is 9.78 Å². The van der Waals surface area contributed by atoms with Crippen molar-refractivity contribution in [2.24, 2.45) is 23.7 Å². The van der Waals surface area contributed by atoms with E-state index in [1.807, 2.05) is 18.9 Å². The number of nitrogens with zero attached hydrogens (tertiary/aromatic N) is 2. The molecule has 6 rings (SSSR count). The second-order valence-corrected chi connectivity index (χ2v) is 10.9. The lowest BCUT2D eigenvalue weighted by molar-refractivity contribution is -0.576. The van der Waals surface area contributed by atoms with Crippen LogP contribution in [0.3, 0.4) is 0 Å². The molecule has 6 aliphatic rings. The molecular weight excluding hydrogens is 428 g/mol. The van der Waals surface area contributed by atoms with Gasteiger partial charge in [-0.3, -0.25) is 9.59 Å². The van der Waals surface area contributed by atoms with Crippen LogP contribution in [-0.4, -0.2) is 78.9 Å². The molecule has 33 heavy (non-hydrogen) atoms. The molecule has 0 aromatic rings. The highest BCUT2D eigenvalue weighted by Crippen LogP contribution is 2.60. The highest BCUT2D eigenvalue weighted by Gasteiger charge is 2.69. The molecule has 1 spiro atoms. The van der Waals surface area contributed by atoms with Gasteiger partial charge >= 0.3 is 5.97 Å². The molecule has 1 saturated carbocycles. The van der Waals surface area contributed by atoms with Gasteiger partial charge in [-0.15, -0.1) is 0 Å². The van der Waals surface area contributed by atoms with Crippen LogP contribution in [0, 0.1) is 23.7 Å². The Morgan fingerprint density at radius 1 is 1.00 bits per heavy atom. The number of carbonyl (C=O) groups excluding carboxylic acids is 2. The number of carbonyl (C=O) groups is 2. The average molecular weight is 467 g/mol. The standard InChI is InChI=1S/C24H38N2O7/c1-15-5-6-18-16(2)21(29-20(28)8-7-19(27)26-13-11-25(4)12-14-26)30-22-24(18)17(15)9-10-23(3,31-22)32-33-24/h15-18,21-22H,5-14H2,1-4H3/t15-,16-,17+,18+,21-,22-,23+,24-/m1/s1. The zero-order chi connectivity index (χ0) is 23.4. The fourth-order valence-electron chi connectivity index (χ4n) is 6.62. The molecule has 6 fully saturated rings. The van der Waals surface area contributed by atoms with Crippen molar-refractivity contribution in [3.8, 4) is 0 Å². The Morgan fingerprint density at radius 2 is 1.76 bits per heavy atom. The monoisotopic (exact) mass is 466 g/mol. The van der Waals surface area contributed by atoms with Gasteiger partial charge < -0.3 is 24.0 Å². The third-order valence-corrected chi connectivity index (χ3v) is 8.74. The number of ether oxygens (including phenoxy) is 3. The molecule has 5 aliphatic heterocycles. The maximum atomic E-state index is 12.7. The number of likely N-dealkylation sites (N-methyl/N-ethyl adjacent to an activating group) is 1. The number of amides is 1. The van der Waals surface area contributed by atoms with Crippen molar-refractivity contribution < 1.29 is 33.6 Å². The highest BCUT2D eigenvalue weighted by atomic mass is 17.3. The zero-order valence-corrected chi connectivity index (χ0v) is 20.3. The number of rotatable bonds is 4. The summed E-state index contributed by atoms with van der Waals surface area (Å²) in [7, 11) is 2.05. The smallest absolute Gasteiger partial charge is 0.308 e. The van der Waals surface area contributed by atoms with E-state index >= 15 is 0 Å². The predicted octanol–water partition coefficient (Wildman–Crippen LogP) is 2.29. The minimum atomic E-state index is -0.860. The molecule has 0 N–H and O–H groups in total. The lowest BCUT2D eigenvalue weighted by Gasteiger charge is -2.59. The Morgan fingerprint density at radius 3 is 2.52 bits per heavy atom. The molecular formula is C24H38N2O7. The van der Waals surface area contributed by atoms with Crippen LogP contribution >= 0.6 is 0 Å². The van der Waals surface area contributed by atoms with E-state index in [0.717, 1.165) is 38.8 Å². The van der Waals surface area contributed by atoms with Crippen LogP contribution in [-0.2, 0) is 33.6 Å². The zero-order valence-electron chi connectivity index (χ0n) is 20.3. The second kappa shape index (κ2) is 8.75. The molecule has 1 amide bonds. The van der Waals surface area contributed by atoms with Crippen LogP contribution in [0.2, 0.25) is 0 Å². The minimum absolute atomic E-state index is 0.00334. The molecule has 8 atom stereocenters. The first-order valence-electron chi connectivity index (χ1n) is 12.6. The predicted molar refractivity (Wildman–Crippen MR) is 116 cm³/mol. The quantitative estimate of drug-likeness (QED) is 0.461. The third kappa shape index (κ3) is 4.10. The summed E-state index contributed by atoms with van der Waals surface area (Å²) in [4.78, 5) is 41.2. The molecule has 9 nitrogen and oxygen atoms in total. The van der Waals surface area contributed by atoms with Crippen molar-refractivity contribution in [2.45, 2.75) is 83.3 Å². The van der Waals surface area contributed by atoms with Gasteiger partial charge in [0.2, 0.25) is 18.0 Å². The van der Waals surface area contributed by atoms with Crippen molar-refractivity contribution in [3.05, 3.63) is 0 Å². The SMILES string of the molecule is C[C@H]1[C@H](OC(=O)CCC(=O)N2CCN(C)CC2)O[C@@H]2O[C@]3(C)CC[C@H]4[C@H](C)CC[C@@H]1[C@@]24OO3. The highest BCUT2D eigenvalue weighted by molar-refractivity contribution is 5.81. The number of hydrogen-bond donors (Lipinski definition) is 0. The minimum Gasteiger partial charge on any atom is -0.435 e. The fraction of sp³-hybridized carbons (Fsp3) is 0.917. The van der Waals surface area contributed by atoms with Crippen molar-refractivity contribution in [1.82, 2.24) is 9.80 Å². The molecule has 5 saturated heterocycles. The van der Waals surface area contributed by atoms with Gasteiger partial charge in [0.15, 0.2) is 11.9 Å². The number of fused-ring (bicyclic) bond motifs is 2. The van der Waals surface area contributed by atoms with Gasteiger partial charge in [0.1, 0.15) is 0 Å². The normalized spacial score (nSPS) is 45.3. The van der Waals surface area contributed by atoms with Crippen LogP contribution in [0.5, 0.6) is 0 Å². The number of hydrogen-bond acceptors (Lipinski definition) is 8. The summed E-state index contributed by atoms with van der Waals surface area (Å²) in [6.07, 6.45) is 2.58. The van der Waals surface area contributed by atoms with E-state index in [1.165, 1.54) is 0 Å². The largest absolute Gasteiger partial charge is 0.435 e. The summed E-state index contributed by atoms with van der Waals surface area (Å²) in [6.45, 7) is 9.33. The van der Waals surface area contributed by atoms with E-state index in [1.54, 1.807) is 0 Å². The molecule has 9 heteroatoms. The topological polar surface area (TPSA) is 86.8 Å². The van der Waals surface area contributed by atoms with Gasteiger partial charge in [0.25, 0.3) is 0 Å². The van der Waals surface area contributed by atoms with E-state index in [0.29, 0.717) is 19.0 Å². The Hall–Kier alpha value is -1.26. The summed E-state index contributed by atoms with van der Waals surface area (Å²) in [6, 6.07) is 0.